The number of aromatic nitrogens is 2. The minimum absolute atomic E-state index is 0.145. The zero-order valence-electron chi connectivity index (χ0n) is 9.77. The largest absolute Gasteiger partial charge is 0.355 e. The van der Waals surface area contributed by atoms with E-state index in [1.165, 1.54) is 0 Å². The lowest BCUT2D eigenvalue weighted by Gasteiger charge is -2.21. The van der Waals surface area contributed by atoms with Crippen LogP contribution in [0, 0.1) is 5.82 Å². The number of nitrogens with two attached hydrogens (primary N) is 1. The number of halogens is 1. The highest BCUT2D eigenvalue weighted by Crippen LogP contribution is 2.12. The van der Waals surface area contributed by atoms with E-state index in [4.69, 9.17) is 10.5 Å². The molecule has 1 rings (SSSR count). The van der Waals surface area contributed by atoms with E-state index in [0.717, 1.165) is 10.8 Å². The molecule has 17 heavy (non-hydrogen) atoms. The van der Waals surface area contributed by atoms with Crippen molar-refractivity contribution < 1.29 is 9.13 Å². The number of ether oxygens (including phenoxy) is 1. The maximum absolute atomic E-state index is 13.1. The monoisotopic (exact) mass is 245 g/mol. The van der Waals surface area contributed by atoms with Gasteiger partial charge < -0.3 is 10.5 Å². The fourth-order valence-electron chi connectivity index (χ4n) is 1.40. The van der Waals surface area contributed by atoms with E-state index >= 15 is 0 Å². The molecule has 1 aromatic rings. The van der Waals surface area contributed by atoms with Gasteiger partial charge in [0.1, 0.15) is 6.23 Å². The van der Waals surface area contributed by atoms with Crippen LogP contribution in [0.15, 0.2) is 15.8 Å². The molecule has 0 bridgehead atoms. The van der Waals surface area contributed by atoms with Crippen LogP contribution >= 0.6 is 0 Å². The number of nitrogens with one attached hydrogen (secondary N) is 1. The Bertz CT molecular complexity index is 480. The smallest absolute Gasteiger partial charge is 0.330 e. The van der Waals surface area contributed by atoms with Crippen LogP contribution in [0.4, 0.5) is 4.39 Å². The number of hydrogen-bond acceptors (Lipinski definition) is 4. The summed E-state index contributed by atoms with van der Waals surface area (Å²) < 4.78 is 19.6. The van der Waals surface area contributed by atoms with E-state index in [1.807, 2.05) is 4.98 Å². The van der Waals surface area contributed by atoms with Gasteiger partial charge in [0.05, 0.1) is 12.3 Å². The average molecular weight is 245 g/mol. The number of H-pyrrole nitrogens is 1. The van der Waals surface area contributed by atoms with Crippen LogP contribution in [0.25, 0.3) is 0 Å². The Morgan fingerprint density at radius 3 is 2.71 bits per heavy atom. The third-order valence-electron chi connectivity index (χ3n) is 2.08. The van der Waals surface area contributed by atoms with Gasteiger partial charge in [0, 0.05) is 6.42 Å². The van der Waals surface area contributed by atoms with E-state index in [9.17, 15) is 14.0 Å². The summed E-state index contributed by atoms with van der Waals surface area (Å²) in [5.41, 5.74) is 3.65. The summed E-state index contributed by atoms with van der Waals surface area (Å²) in [4.78, 5) is 24.3. The molecular weight excluding hydrogens is 229 g/mol. The predicted octanol–water partition coefficient (Wildman–Crippen LogP) is -0.0519. The highest BCUT2D eigenvalue weighted by Gasteiger charge is 2.15. The summed E-state index contributed by atoms with van der Waals surface area (Å²) in [6, 6.07) is 0. The van der Waals surface area contributed by atoms with E-state index in [1.54, 1.807) is 13.8 Å². The molecule has 0 aliphatic heterocycles. The lowest BCUT2D eigenvalue weighted by molar-refractivity contribution is -0.0437. The Hall–Kier alpha value is -1.47. The standard InChI is InChI=1S/C10H16FN3O3/c1-6(2)17-8(3-4-12)14-5-7(11)9(15)13-10(14)16/h5-6,8H,3-4,12H2,1-2H3,(H,13,15,16). The molecule has 0 aliphatic carbocycles. The zero-order valence-corrected chi connectivity index (χ0v) is 9.77. The SMILES string of the molecule is CC(C)OC(CCN)n1cc(F)c(=O)[nH]c1=O. The molecule has 96 valence electrons. The van der Waals surface area contributed by atoms with Crippen molar-refractivity contribution in [1.29, 1.82) is 0 Å². The van der Waals surface area contributed by atoms with E-state index in [0.29, 0.717) is 6.42 Å². The number of aromatic amines is 1. The van der Waals surface area contributed by atoms with Gasteiger partial charge in [-0.15, -0.1) is 0 Å². The first-order chi connectivity index (χ1) is 7.95. The van der Waals surface area contributed by atoms with Crippen LogP contribution in [-0.4, -0.2) is 22.2 Å². The Balaban J connectivity index is 3.13. The van der Waals surface area contributed by atoms with Gasteiger partial charge in [-0.2, -0.15) is 4.39 Å². The summed E-state index contributed by atoms with van der Waals surface area (Å²) in [5, 5.41) is 0. The van der Waals surface area contributed by atoms with Crippen LogP contribution in [0.5, 0.6) is 0 Å². The Labute approximate surface area is 97.2 Å². The average Bonchev–Trinajstić information content (AvgIpc) is 2.22. The first-order valence-corrected chi connectivity index (χ1v) is 5.32. The molecule has 0 saturated heterocycles. The lowest BCUT2D eigenvalue weighted by atomic mass is 10.3. The molecule has 0 fully saturated rings. The molecule has 0 saturated carbocycles. The predicted molar refractivity (Wildman–Crippen MR) is 60.2 cm³/mol. The molecule has 0 amide bonds. The van der Waals surface area contributed by atoms with E-state index < -0.39 is 23.3 Å². The maximum atomic E-state index is 13.1. The van der Waals surface area contributed by atoms with E-state index in [-0.39, 0.29) is 12.6 Å². The summed E-state index contributed by atoms with van der Waals surface area (Å²) in [5.74, 6) is -1.03. The quantitative estimate of drug-likeness (QED) is 0.761. The molecule has 7 heteroatoms. The zero-order chi connectivity index (χ0) is 13.0. The normalized spacial score (nSPS) is 13.0. The van der Waals surface area contributed by atoms with Crippen molar-refractivity contribution in [3.63, 3.8) is 0 Å². The molecule has 0 radical (unpaired) electrons. The first-order valence-electron chi connectivity index (χ1n) is 5.32. The first kappa shape index (κ1) is 13.6. The molecule has 0 aliphatic rings. The molecule has 0 spiro atoms. The third-order valence-corrected chi connectivity index (χ3v) is 2.08. The van der Waals surface area contributed by atoms with Gasteiger partial charge in [-0.1, -0.05) is 0 Å². The van der Waals surface area contributed by atoms with Crippen LogP contribution in [0.2, 0.25) is 0 Å². The van der Waals surface area contributed by atoms with Gasteiger partial charge in [-0.05, 0) is 20.4 Å². The summed E-state index contributed by atoms with van der Waals surface area (Å²) in [7, 11) is 0. The number of nitrogens with zero attached hydrogens (tertiary/aromatic N) is 1. The molecular formula is C10H16FN3O3. The van der Waals surface area contributed by atoms with Crippen molar-refractivity contribution in [2.75, 3.05) is 6.54 Å². The molecule has 1 unspecified atom stereocenters. The minimum Gasteiger partial charge on any atom is -0.355 e. The highest BCUT2D eigenvalue weighted by atomic mass is 19.1. The molecule has 6 nitrogen and oxygen atoms in total. The van der Waals surface area contributed by atoms with Crippen LogP contribution in [-0.2, 0) is 4.74 Å². The minimum atomic E-state index is -1.04. The fraction of sp³-hybridized carbons (Fsp3) is 0.600. The molecule has 0 aromatic carbocycles. The van der Waals surface area contributed by atoms with Crippen molar-refractivity contribution >= 4 is 0 Å². The molecule has 1 atom stereocenters. The second-order valence-corrected chi connectivity index (χ2v) is 3.86. The lowest BCUT2D eigenvalue weighted by Crippen LogP contribution is -2.36. The molecule has 1 aromatic heterocycles. The summed E-state index contributed by atoms with van der Waals surface area (Å²) in [6.45, 7) is 3.86. The van der Waals surface area contributed by atoms with Gasteiger partial charge in [0.15, 0.2) is 0 Å². The van der Waals surface area contributed by atoms with Crippen LogP contribution in [0.1, 0.15) is 26.5 Å². The van der Waals surface area contributed by atoms with Crippen molar-refractivity contribution in [1.82, 2.24) is 9.55 Å². The molecule has 1 heterocycles. The Morgan fingerprint density at radius 1 is 1.53 bits per heavy atom. The second-order valence-electron chi connectivity index (χ2n) is 3.86. The van der Waals surface area contributed by atoms with Gasteiger partial charge in [0.2, 0.25) is 5.82 Å². The van der Waals surface area contributed by atoms with Crippen molar-refractivity contribution in [3.05, 3.63) is 32.9 Å². The van der Waals surface area contributed by atoms with Gasteiger partial charge >= 0.3 is 5.69 Å². The van der Waals surface area contributed by atoms with Gasteiger partial charge in [0.25, 0.3) is 5.56 Å². The fourth-order valence-corrected chi connectivity index (χ4v) is 1.40. The second kappa shape index (κ2) is 5.74. The summed E-state index contributed by atoms with van der Waals surface area (Å²) >= 11 is 0. The van der Waals surface area contributed by atoms with Crippen molar-refractivity contribution in [3.8, 4) is 0 Å². The Morgan fingerprint density at radius 2 is 2.18 bits per heavy atom. The topological polar surface area (TPSA) is 90.1 Å². The van der Waals surface area contributed by atoms with Crippen LogP contribution < -0.4 is 17.0 Å². The number of rotatable bonds is 5. The Kier molecular flexibility index (Phi) is 4.59. The summed E-state index contributed by atoms with van der Waals surface area (Å²) in [6.07, 6.45) is 0.361. The third kappa shape index (κ3) is 3.50. The van der Waals surface area contributed by atoms with Crippen molar-refractivity contribution in [2.45, 2.75) is 32.6 Å². The van der Waals surface area contributed by atoms with E-state index in [2.05, 4.69) is 0 Å². The van der Waals surface area contributed by atoms with Crippen LogP contribution in [0.3, 0.4) is 0 Å². The van der Waals surface area contributed by atoms with Gasteiger partial charge in [-0.25, -0.2) is 4.79 Å². The highest BCUT2D eigenvalue weighted by molar-refractivity contribution is 4.88. The van der Waals surface area contributed by atoms with Crippen molar-refractivity contribution in [2.24, 2.45) is 5.73 Å². The number of hydrogen-bond donors (Lipinski definition) is 2. The van der Waals surface area contributed by atoms with Gasteiger partial charge in [-0.3, -0.25) is 14.3 Å². The maximum Gasteiger partial charge on any atom is 0.330 e. The molecule has 3 N–H and O–H groups in total.